The predicted molar refractivity (Wildman–Crippen MR) is 149 cm³/mol. The maximum atomic E-state index is 14.5. The second-order valence-electron chi connectivity index (χ2n) is 10.8. The molecule has 0 spiro atoms. The lowest BCUT2D eigenvalue weighted by Crippen LogP contribution is -2.15. The van der Waals surface area contributed by atoms with Gasteiger partial charge in [-0.05, 0) is 25.2 Å². The molecule has 1 aromatic heterocycles. The van der Waals surface area contributed by atoms with Crippen LogP contribution in [0.15, 0.2) is 36.5 Å². The van der Waals surface area contributed by atoms with E-state index < -0.39 is 6.17 Å². The van der Waals surface area contributed by atoms with Gasteiger partial charge in [-0.3, -0.25) is 0 Å². The summed E-state index contributed by atoms with van der Waals surface area (Å²) in [5.74, 6) is 2.24. The summed E-state index contributed by atoms with van der Waals surface area (Å²) in [4.78, 5) is 9.31. The van der Waals surface area contributed by atoms with Crippen molar-refractivity contribution in [1.29, 1.82) is 0 Å². The van der Waals surface area contributed by atoms with Crippen LogP contribution in [-0.2, 0) is 6.42 Å². The Balaban J connectivity index is 1.41. The highest BCUT2D eigenvalue weighted by Crippen LogP contribution is 2.29. The van der Waals surface area contributed by atoms with E-state index in [0.717, 1.165) is 42.7 Å². The van der Waals surface area contributed by atoms with E-state index >= 15 is 0 Å². The predicted octanol–water partition coefficient (Wildman–Crippen LogP) is 9.68. The fourth-order valence-corrected chi connectivity index (χ4v) is 5.39. The number of benzene rings is 1. The molecule has 1 aliphatic rings. The fraction of sp³-hybridized carbons (Fsp3) is 0.688. The summed E-state index contributed by atoms with van der Waals surface area (Å²) in [7, 11) is 0. The number of nitrogens with zero attached hydrogens (tertiary/aromatic N) is 2. The molecule has 2 aromatic rings. The van der Waals surface area contributed by atoms with Gasteiger partial charge in [-0.1, -0.05) is 134 Å². The zero-order valence-corrected chi connectivity index (χ0v) is 22.7. The van der Waals surface area contributed by atoms with Crippen molar-refractivity contribution in [3.05, 3.63) is 42.1 Å². The number of aryl methyl sites for hydroxylation is 1. The molecule has 1 atom stereocenters. The third-order valence-corrected chi connectivity index (χ3v) is 7.66. The summed E-state index contributed by atoms with van der Waals surface area (Å²) < 4.78 is 20.4. The van der Waals surface area contributed by atoms with Gasteiger partial charge in [0.2, 0.25) is 5.88 Å². The first-order valence-corrected chi connectivity index (χ1v) is 14.9. The van der Waals surface area contributed by atoms with Crippen molar-refractivity contribution in [3.8, 4) is 17.3 Å². The molecule has 3 nitrogen and oxygen atoms in total. The van der Waals surface area contributed by atoms with E-state index in [1.54, 1.807) is 0 Å². The summed E-state index contributed by atoms with van der Waals surface area (Å²) >= 11 is 0. The number of hydrogen-bond donors (Lipinski definition) is 0. The van der Waals surface area contributed by atoms with Crippen LogP contribution >= 0.6 is 0 Å². The number of unbranched alkanes of at least 4 members (excludes halogenated alkanes) is 9. The quantitative estimate of drug-likeness (QED) is 0.182. The number of ether oxygens (including phenoxy) is 1. The molecule has 0 aliphatic heterocycles. The second-order valence-corrected chi connectivity index (χ2v) is 10.8. The number of rotatable bonds is 19. The largest absolute Gasteiger partial charge is 0.474 e. The zero-order valence-electron chi connectivity index (χ0n) is 22.7. The molecule has 200 valence electrons. The van der Waals surface area contributed by atoms with Gasteiger partial charge in [0.1, 0.15) is 12.8 Å². The van der Waals surface area contributed by atoms with Crippen molar-refractivity contribution in [2.24, 2.45) is 5.92 Å². The Morgan fingerprint density at radius 2 is 1.58 bits per heavy atom. The Labute approximate surface area is 219 Å². The average Bonchev–Trinajstić information content (AvgIpc) is 3.43. The highest BCUT2D eigenvalue weighted by molar-refractivity contribution is 5.55. The van der Waals surface area contributed by atoms with Crippen molar-refractivity contribution in [2.45, 2.75) is 129 Å². The van der Waals surface area contributed by atoms with Crippen LogP contribution in [0.1, 0.15) is 122 Å². The Morgan fingerprint density at radius 3 is 2.33 bits per heavy atom. The Kier molecular flexibility index (Phi) is 13.9. The summed E-state index contributed by atoms with van der Waals surface area (Å²) in [6.07, 6.45) is 23.2. The summed E-state index contributed by atoms with van der Waals surface area (Å²) in [6.45, 7) is 2.25. The summed E-state index contributed by atoms with van der Waals surface area (Å²) in [6, 6.07) is 9.94. The molecule has 1 aromatic carbocycles. The van der Waals surface area contributed by atoms with Crippen LogP contribution in [-0.4, -0.2) is 22.7 Å². The molecule has 0 radical (unpaired) electrons. The van der Waals surface area contributed by atoms with Crippen LogP contribution in [0.4, 0.5) is 4.39 Å². The first-order valence-electron chi connectivity index (χ1n) is 14.9. The zero-order chi connectivity index (χ0) is 25.3. The SMILES string of the molecule is CCCCCCC(F)COc1nc(-c2ccccc2)ncc1CCCCCCCCCC1CCCC1. The Hall–Kier alpha value is -1.97. The van der Waals surface area contributed by atoms with Gasteiger partial charge < -0.3 is 4.74 Å². The second kappa shape index (κ2) is 17.5. The minimum atomic E-state index is -0.946. The molecule has 4 heteroatoms. The van der Waals surface area contributed by atoms with Crippen LogP contribution in [0.2, 0.25) is 0 Å². The fourth-order valence-electron chi connectivity index (χ4n) is 5.39. The van der Waals surface area contributed by atoms with Gasteiger partial charge in [-0.25, -0.2) is 9.37 Å². The molecule has 1 saturated carbocycles. The topological polar surface area (TPSA) is 35.0 Å². The molecule has 1 fully saturated rings. The van der Waals surface area contributed by atoms with E-state index in [-0.39, 0.29) is 6.61 Å². The number of halogens is 1. The number of alkyl halides is 1. The van der Waals surface area contributed by atoms with Crippen molar-refractivity contribution in [1.82, 2.24) is 9.97 Å². The molecule has 0 N–H and O–H groups in total. The van der Waals surface area contributed by atoms with Gasteiger partial charge in [0.05, 0.1) is 0 Å². The molecule has 1 aliphatic carbocycles. The van der Waals surface area contributed by atoms with Crippen molar-refractivity contribution < 1.29 is 9.13 Å². The highest BCUT2D eigenvalue weighted by atomic mass is 19.1. The van der Waals surface area contributed by atoms with Crippen LogP contribution in [0, 0.1) is 5.92 Å². The monoisotopic (exact) mass is 496 g/mol. The van der Waals surface area contributed by atoms with Crippen LogP contribution in [0.25, 0.3) is 11.4 Å². The third kappa shape index (κ3) is 11.0. The molecule has 1 heterocycles. The van der Waals surface area contributed by atoms with E-state index in [4.69, 9.17) is 9.72 Å². The minimum absolute atomic E-state index is 0.0746. The smallest absolute Gasteiger partial charge is 0.220 e. The maximum Gasteiger partial charge on any atom is 0.220 e. The van der Waals surface area contributed by atoms with Crippen molar-refractivity contribution in [2.75, 3.05) is 6.61 Å². The first kappa shape index (κ1) is 28.6. The highest BCUT2D eigenvalue weighted by Gasteiger charge is 2.15. The van der Waals surface area contributed by atoms with Crippen molar-refractivity contribution >= 4 is 0 Å². The molecule has 1 unspecified atom stereocenters. The Bertz CT molecular complexity index is 822. The van der Waals surface area contributed by atoms with E-state index in [1.165, 1.54) is 83.5 Å². The van der Waals surface area contributed by atoms with Crippen LogP contribution in [0.5, 0.6) is 5.88 Å². The molecule has 3 rings (SSSR count). The molecular formula is C32H49FN2O. The number of aromatic nitrogens is 2. The average molecular weight is 497 g/mol. The lowest BCUT2D eigenvalue weighted by molar-refractivity contribution is 0.177. The van der Waals surface area contributed by atoms with E-state index in [2.05, 4.69) is 11.9 Å². The lowest BCUT2D eigenvalue weighted by atomic mass is 9.99. The number of hydrogen-bond acceptors (Lipinski definition) is 3. The molecule has 0 saturated heterocycles. The van der Waals surface area contributed by atoms with Gasteiger partial charge in [0.25, 0.3) is 0 Å². The molecule has 0 amide bonds. The van der Waals surface area contributed by atoms with Crippen LogP contribution < -0.4 is 4.74 Å². The van der Waals surface area contributed by atoms with E-state index in [9.17, 15) is 4.39 Å². The molecular weight excluding hydrogens is 447 g/mol. The molecule has 36 heavy (non-hydrogen) atoms. The van der Waals surface area contributed by atoms with E-state index in [1.807, 2.05) is 36.5 Å². The van der Waals surface area contributed by atoms with Gasteiger partial charge in [-0.15, -0.1) is 0 Å². The lowest BCUT2D eigenvalue weighted by Gasteiger charge is -2.14. The van der Waals surface area contributed by atoms with E-state index in [0.29, 0.717) is 18.1 Å². The minimum Gasteiger partial charge on any atom is -0.474 e. The van der Waals surface area contributed by atoms with Gasteiger partial charge in [0, 0.05) is 17.3 Å². The maximum absolute atomic E-state index is 14.5. The molecule has 0 bridgehead atoms. The van der Waals surface area contributed by atoms with Gasteiger partial charge >= 0.3 is 0 Å². The summed E-state index contributed by atoms with van der Waals surface area (Å²) in [5.41, 5.74) is 1.96. The summed E-state index contributed by atoms with van der Waals surface area (Å²) in [5, 5.41) is 0. The van der Waals surface area contributed by atoms with Gasteiger partial charge in [-0.2, -0.15) is 4.98 Å². The van der Waals surface area contributed by atoms with Crippen molar-refractivity contribution in [3.63, 3.8) is 0 Å². The normalized spacial score (nSPS) is 14.8. The Morgan fingerprint density at radius 1 is 0.889 bits per heavy atom. The van der Waals surface area contributed by atoms with Gasteiger partial charge in [0.15, 0.2) is 5.82 Å². The standard InChI is InChI=1S/C32H49FN2O/c1-2-3-4-15-24-30(33)26-36-32-29(25-34-31(35-32)28-21-13-10-14-22-28)23-12-9-7-5-6-8-11-18-27-19-16-17-20-27/h10,13-14,21-22,25,27,30H,2-9,11-12,15-20,23-24,26H2,1H3. The first-order chi connectivity index (χ1) is 17.8. The van der Waals surface area contributed by atoms with Crippen LogP contribution in [0.3, 0.4) is 0 Å². The third-order valence-electron chi connectivity index (χ3n) is 7.66.